The Morgan fingerprint density at radius 1 is 1.73 bits per heavy atom. The quantitative estimate of drug-likeness (QED) is 0.592. The molecule has 0 aliphatic heterocycles. The van der Waals surface area contributed by atoms with Gasteiger partial charge in [-0.25, -0.2) is 4.98 Å². The second-order valence-corrected chi connectivity index (χ2v) is 3.37. The van der Waals surface area contributed by atoms with E-state index >= 15 is 0 Å². The molecule has 7 nitrogen and oxygen atoms in total. The zero-order valence-corrected chi connectivity index (χ0v) is 8.14. The van der Waals surface area contributed by atoms with Crippen molar-refractivity contribution in [2.24, 2.45) is 0 Å². The van der Waals surface area contributed by atoms with Gasteiger partial charge in [0.1, 0.15) is 0 Å². The molecule has 0 amide bonds. The second kappa shape index (κ2) is 3.35. The van der Waals surface area contributed by atoms with E-state index in [1.54, 1.807) is 11.5 Å². The average molecular weight is 209 g/mol. The summed E-state index contributed by atoms with van der Waals surface area (Å²) in [4.78, 5) is 21.6. The van der Waals surface area contributed by atoms with Crippen LogP contribution in [-0.2, 0) is 6.54 Å². The summed E-state index contributed by atoms with van der Waals surface area (Å²) in [5.74, 6) is 0.0415. The summed E-state index contributed by atoms with van der Waals surface area (Å²) in [5, 5.41) is 9.23. The summed E-state index contributed by atoms with van der Waals surface area (Å²) in [6.45, 7) is 1.97. The molecular weight excluding hydrogens is 198 g/mol. The first kappa shape index (κ1) is 9.66. The molecule has 80 valence electrons. The van der Waals surface area contributed by atoms with Gasteiger partial charge in [0.05, 0.1) is 19.0 Å². The SMILES string of the molecule is C[C@H](O)Cn1cnc2c(=O)[nH]c(N)nc21. The molecule has 0 fully saturated rings. The predicted molar refractivity (Wildman–Crippen MR) is 54.2 cm³/mol. The molecule has 2 heterocycles. The van der Waals surface area contributed by atoms with Crippen molar-refractivity contribution in [3.05, 3.63) is 16.7 Å². The first-order valence-electron chi connectivity index (χ1n) is 4.46. The van der Waals surface area contributed by atoms with Gasteiger partial charge in [-0.3, -0.25) is 9.78 Å². The van der Waals surface area contributed by atoms with Crippen LogP contribution in [0, 0.1) is 0 Å². The molecule has 0 saturated heterocycles. The summed E-state index contributed by atoms with van der Waals surface area (Å²) in [5.41, 5.74) is 5.65. The molecule has 0 aliphatic rings. The Hall–Kier alpha value is -1.89. The first-order valence-corrected chi connectivity index (χ1v) is 4.46. The molecule has 2 aromatic rings. The van der Waals surface area contributed by atoms with Crippen LogP contribution in [0.5, 0.6) is 0 Å². The molecule has 4 N–H and O–H groups in total. The van der Waals surface area contributed by atoms with Gasteiger partial charge in [-0.2, -0.15) is 4.98 Å². The predicted octanol–water partition coefficient (Wildman–Crippen LogP) is -0.917. The Bertz CT molecular complexity index is 541. The standard InChI is InChI=1S/C8H11N5O2/c1-4(14)2-13-3-10-5-6(13)11-8(9)12-7(5)15/h3-4,14H,2H2,1H3,(H3,9,11,12,15)/t4-/m0/s1. The van der Waals surface area contributed by atoms with Crippen molar-refractivity contribution in [3.8, 4) is 0 Å². The summed E-state index contributed by atoms with van der Waals surface area (Å²) < 4.78 is 1.59. The molecular formula is C8H11N5O2. The zero-order chi connectivity index (χ0) is 11.0. The van der Waals surface area contributed by atoms with Crippen molar-refractivity contribution in [2.75, 3.05) is 5.73 Å². The van der Waals surface area contributed by atoms with Crippen molar-refractivity contribution in [3.63, 3.8) is 0 Å². The number of H-pyrrole nitrogens is 1. The van der Waals surface area contributed by atoms with E-state index in [1.165, 1.54) is 6.33 Å². The number of anilines is 1. The van der Waals surface area contributed by atoms with Crippen molar-refractivity contribution in [1.82, 2.24) is 19.5 Å². The van der Waals surface area contributed by atoms with Gasteiger partial charge in [-0.05, 0) is 6.92 Å². The van der Waals surface area contributed by atoms with E-state index in [9.17, 15) is 9.90 Å². The number of aromatic amines is 1. The van der Waals surface area contributed by atoms with E-state index in [0.717, 1.165) is 0 Å². The van der Waals surface area contributed by atoms with Crippen molar-refractivity contribution >= 4 is 17.1 Å². The van der Waals surface area contributed by atoms with E-state index < -0.39 is 6.10 Å². The van der Waals surface area contributed by atoms with Gasteiger partial charge in [0.15, 0.2) is 11.2 Å². The number of hydrogen-bond acceptors (Lipinski definition) is 5. The van der Waals surface area contributed by atoms with Crippen LogP contribution in [0.15, 0.2) is 11.1 Å². The highest BCUT2D eigenvalue weighted by Crippen LogP contribution is 2.06. The van der Waals surface area contributed by atoms with E-state index in [4.69, 9.17) is 5.73 Å². The van der Waals surface area contributed by atoms with Crippen LogP contribution in [0.25, 0.3) is 11.2 Å². The average Bonchev–Trinajstić information content (AvgIpc) is 2.48. The molecule has 0 bridgehead atoms. The number of hydrogen-bond donors (Lipinski definition) is 3. The highest BCUT2D eigenvalue weighted by Gasteiger charge is 2.09. The Labute approximate surface area is 84.6 Å². The van der Waals surface area contributed by atoms with Gasteiger partial charge in [-0.1, -0.05) is 0 Å². The van der Waals surface area contributed by atoms with Crippen LogP contribution in [0.4, 0.5) is 5.95 Å². The number of nitrogens with two attached hydrogens (primary N) is 1. The monoisotopic (exact) mass is 209 g/mol. The largest absolute Gasteiger partial charge is 0.392 e. The van der Waals surface area contributed by atoms with Crippen molar-refractivity contribution in [1.29, 1.82) is 0 Å². The lowest BCUT2D eigenvalue weighted by molar-refractivity contribution is 0.175. The van der Waals surface area contributed by atoms with E-state index in [-0.39, 0.29) is 17.0 Å². The lowest BCUT2D eigenvalue weighted by atomic mass is 10.4. The van der Waals surface area contributed by atoms with Crippen molar-refractivity contribution in [2.45, 2.75) is 19.6 Å². The van der Waals surface area contributed by atoms with Crippen LogP contribution < -0.4 is 11.3 Å². The number of nitrogen functional groups attached to an aromatic ring is 1. The third kappa shape index (κ3) is 1.68. The van der Waals surface area contributed by atoms with Crippen LogP contribution in [0.1, 0.15) is 6.92 Å². The van der Waals surface area contributed by atoms with E-state index in [0.29, 0.717) is 12.2 Å². The smallest absolute Gasteiger partial charge is 0.280 e. The zero-order valence-electron chi connectivity index (χ0n) is 8.14. The normalized spacial score (nSPS) is 13.2. The minimum Gasteiger partial charge on any atom is -0.392 e. The van der Waals surface area contributed by atoms with Gasteiger partial charge in [0, 0.05) is 0 Å². The number of aromatic nitrogens is 4. The fourth-order valence-electron chi connectivity index (χ4n) is 1.39. The second-order valence-electron chi connectivity index (χ2n) is 3.37. The third-order valence-electron chi connectivity index (χ3n) is 1.95. The Morgan fingerprint density at radius 3 is 3.13 bits per heavy atom. The number of nitrogens with one attached hydrogen (secondary N) is 1. The van der Waals surface area contributed by atoms with Crippen LogP contribution in [0.3, 0.4) is 0 Å². The van der Waals surface area contributed by atoms with Gasteiger partial charge < -0.3 is 15.4 Å². The molecule has 1 atom stereocenters. The summed E-state index contributed by atoms with van der Waals surface area (Å²) in [6.07, 6.45) is 0.920. The maximum atomic E-state index is 11.4. The molecule has 0 aliphatic carbocycles. The van der Waals surface area contributed by atoms with Crippen LogP contribution in [0.2, 0.25) is 0 Å². The van der Waals surface area contributed by atoms with Gasteiger partial charge in [0.2, 0.25) is 5.95 Å². The molecule has 0 saturated carbocycles. The molecule has 0 aromatic carbocycles. The number of aliphatic hydroxyl groups is 1. The highest BCUT2D eigenvalue weighted by atomic mass is 16.3. The van der Waals surface area contributed by atoms with Gasteiger partial charge >= 0.3 is 0 Å². The molecule has 7 heteroatoms. The summed E-state index contributed by atoms with van der Waals surface area (Å²) >= 11 is 0. The van der Waals surface area contributed by atoms with Gasteiger partial charge in [-0.15, -0.1) is 0 Å². The topological polar surface area (TPSA) is 110 Å². The fourth-order valence-corrected chi connectivity index (χ4v) is 1.39. The van der Waals surface area contributed by atoms with Crippen LogP contribution >= 0.6 is 0 Å². The first-order chi connectivity index (χ1) is 7.08. The minimum absolute atomic E-state index is 0.0415. The molecule has 2 rings (SSSR count). The molecule has 2 aromatic heterocycles. The molecule has 0 spiro atoms. The number of nitrogens with zero attached hydrogens (tertiary/aromatic N) is 3. The minimum atomic E-state index is -0.537. The maximum Gasteiger partial charge on any atom is 0.280 e. The third-order valence-corrected chi connectivity index (χ3v) is 1.95. The van der Waals surface area contributed by atoms with Crippen LogP contribution in [-0.4, -0.2) is 30.7 Å². The number of imidazole rings is 1. The molecule has 0 radical (unpaired) electrons. The Kier molecular flexibility index (Phi) is 2.16. The highest BCUT2D eigenvalue weighted by molar-refractivity contribution is 5.70. The number of aliphatic hydroxyl groups excluding tert-OH is 1. The summed E-state index contributed by atoms with van der Waals surface area (Å²) in [7, 11) is 0. The Balaban J connectivity index is 2.63. The molecule has 0 unspecified atom stereocenters. The lowest BCUT2D eigenvalue weighted by Gasteiger charge is -2.05. The van der Waals surface area contributed by atoms with Crippen molar-refractivity contribution < 1.29 is 5.11 Å². The number of rotatable bonds is 2. The fraction of sp³-hybridized carbons (Fsp3) is 0.375. The number of fused-ring (bicyclic) bond motifs is 1. The molecule has 15 heavy (non-hydrogen) atoms. The maximum absolute atomic E-state index is 11.4. The van der Waals surface area contributed by atoms with E-state index in [1.807, 2.05) is 0 Å². The van der Waals surface area contributed by atoms with E-state index in [2.05, 4.69) is 15.0 Å². The Morgan fingerprint density at radius 2 is 2.47 bits per heavy atom. The lowest BCUT2D eigenvalue weighted by Crippen LogP contribution is -2.15. The van der Waals surface area contributed by atoms with Gasteiger partial charge in [0.25, 0.3) is 5.56 Å². The summed E-state index contributed by atoms with van der Waals surface area (Å²) in [6, 6.07) is 0.